The zero-order valence-electron chi connectivity index (χ0n) is 25.0. The van der Waals surface area contributed by atoms with Gasteiger partial charge in [0.2, 0.25) is 11.8 Å². The van der Waals surface area contributed by atoms with Crippen LogP contribution < -0.4 is 21.5 Å². The number of ether oxygens (including phenoxy) is 2. The van der Waals surface area contributed by atoms with Crippen LogP contribution in [0, 0.1) is 11.8 Å². The molecule has 0 radical (unpaired) electrons. The van der Waals surface area contributed by atoms with E-state index in [0.717, 1.165) is 5.56 Å². The molecule has 12 heteroatoms. The number of likely N-dealkylation sites (N-methyl/N-ethyl adjacent to an activating group) is 1. The summed E-state index contributed by atoms with van der Waals surface area (Å²) in [5.41, 5.74) is 4.43. The summed E-state index contributed by atoms with van der Waals surface area (Å²) in [6.45, 7) is 13.8. The van der Waals surface area contributed by atoms with E-state index < -0.39 is 53.6 Å². The lowest BCUT2D eigenvalue weighted by Crippen LogP contribution is -2.59. The highest BCUT2D eigenvalue weighted by Gasteiger charge is 2.35. The van der Waals surface area contributed by atoms with Gasteiger partial charge in [-0.15, -0.1) is 0 Å². The molecule has 1 aromatic rings. The van der Waals surface area contributed by atoms with Crippen LogP contribution in [0.15, 0.2) is 30.3 Å². The van der Waals surface area contributed by atoms with Gasteiger partial charge in [0, 0.05) is 7.05 Å². The van der Waals surface area contributed by atoms with Crippen molar-refractivity contribution in [3.8, 4) is 0 Å². The number of hydrazine groups is 1. The van der Waals surface area contributed by atoms with Gasteiger partial charge in [-0.2, -0.15) is 0 Å². The third-order valence-corrected chi connectivity index (χ3v) is 6.21. The Hall–Kier alpha value is -3.83. The highest BCUT2D eigenvalue weighted by atomic mass is 16.6. The van der Waals surface area contributed by atoms with E-state index in [0.29, 0.717) is 6.42 Å². The Morgan fingerprint density at radius 3 is 1.98 bits per heavy atom. The van der Waals surface area contributed by atoms with Gasteiger partial charge in [0.15, 0.2) is 0 Å². The Balaban J connectivity index is 2.86. The molecule has 5 amide bonds. The summed E-state index contributed by atoms with van der Waals surface area (Å²) >= 11 is 0. The van der Waals surface area contributed by atoms with Crippen molar-refractivity contribution >= 4 is 29.9 Å². The first-order valence-corrected chi connectivity index (χ1v) is 13.4. The smallest absolute Gasteiger partial charge is 0.426 e. The molecule has 0 spiro atoms. The van der Waals surface area contributed by atoms with Crippen LogP contribution in [-0.4, -0.2) is 65.6 Å². The summed E-state index contributed by atoms with van der Waals surface area (Å²) in [4.78, 5) is 64.7. The van der Waals surface area contributed by atoms with Crippen molar-refractivity contribution in [2.45, 2.75) is 92.1 Å². The number of rotatable bonds is 11. The Morgan fingerprint density at radius 1 is 0.850 bits per heavy atom. The van der Waals surface area contributed by atoms with Crippen LogP contribution in [0.3, 0.4) is 0 Å². The lowest BCUT2D eigenvalue weighted by molar-refractivity contribution is -0.142. The first-order chi connectivity index (χ1) is 18.6. The third kappa shape index (κ3) is 11.5. The Kier molecular flexibility index (Phi) is 13.4. The fourth-order valence-corrected chi connectivity index (χ4v) is 3.46. The minimum absolute atomic E-state index is 0.0438. The SMILES string of the molecule is CCC(C)[C@@H](NC(=O)OCc1ccccc1)C(=O)N[C@H](C(=O)N(C)[C@@H](C)C(=O)NNC(=O)OC(C)(C)C)C(C)C. The van der Waals surface area contributed by atoms with E-state index in [4.69, 9.17) is 9.47 Å². The molecule has 1 aromatic carbocycles. The van der Waals surface area contributed by atoms with E-state index in [-0.39, 0.29) is 18.4 Å². The molecule has 0 aliphatic rings. The molecule has 1 unspecified atom stereocenters. The summed E-state index contributed by atoms with van der Waals surface area (Å²) in [6, 6.07) is 6.21. The number of carbonyl (C=O) groups excluding carboxylic acids is 5. The predicted molar refractivity (Wildman–Crippen MR) is 150 cm³/mol. The van der Waals surface area contributed by atoms with Crippen LogP contribution in [0.1, 0.15) is 67.4 Å². The average Bonchev–Trinajstić information content (AvgIpc) is 2.89. The van der Waals surface area contributed by atoms with Gasteiger partial charge in [-0.05, 0) is 45.1 Å². The second-order valence-electron chi connectivity index (χ2n) is 11.0. The van der Waals surface area contributed by atoms with Crippen LogP contribution in [-0.2, 0) is 30.5 Å². The molecule has 4 atom stereocenters. The maximum Gasteiger partial charge on any atom is 0.426 e. The summed E-state index contributed by atoms with van der Waals surface area (Å²) in [6.07, 6.45) is -1.02. The van der Waals surface area contributed by atoms with Crippen LogP contribution in [0.2, 0.25) is 0 Å². The quantitative estimate of drug-likeness (QED) is 0.302. The molecule has 4 N–H and O–H groups in total. The Bertz CT molecular complexity index is 1010. The van der Waals surface area contributed by atoms with Gasteiger partial charge < -0.3 is 25.0 Å². The molecule has 224 valence electrons. The lowest BCUT2D eigenvalue weighted by Gasteiger charge is -2.32. The Morgan fingerprint density at radius 2 is 1.45 bits per heavy atom. The van der Waals surface area contributed by atoms with E-state index >= 15 is 0 Å². The van der Waals surface area contributed by atoms with Crippen molar-refractivity contribution in [3.63, 3.8) is 0 Å². The summed E-state index contributed by atoms with van der Waals surface area (Å²) in [5.74, 6) is -2.31. The van der Waals surface area contributed by atoms with Crippen molar-refractivity contribution in [1.29, 1.82) is 0 Å². The number of nitrogens with one attached hydrogen (secondary N) is 4. The van der Waals surface area contributed by atoms with Gasteiger partial charge in [-0.25, -0.2) is 15.0 Å². The van der Waals surface area contributed by atoms with E-state index in [1.54, 1.807) is 34.6 Å². The maximum absolute atomic E-state index is 13.3. The van der Waals surface area contributed by atoms with Crippen LogP contribution in [0.5, 0.6) is 0 Å². The van der Waals surface area contributed by atoms with Gasteiger partial charge in [0.05, 0.1) is 0 Å². The zero-order chi connectivity index (χ0) is 30.6. The highest BCUT2D eigenvalue weighted by molar-refractivity contribution is 5.94. The first kappa shape index (κ1) is 34.2. The van der Waals surface area contributed by atoms with Crippen molar-refractivity contribution < 1.29 is 33.4 Å². The molecule has 0 aromatic heterocycles. The molecule has 1 rings (SSSR count). The number of carbonyl (C=O) groups is 5. The fourth-order valence-electron chi connectivity index (χ4n) is 3.46. The van der Waals surface area contributed by atoms with Gasteiger partial charge in [0.1, 0.15) is 30.3 Å². The van der Waals surface area contributed by atoms with Gasteiger partial charge in [-0.1, -0.05) is 64.4 Å². The van der Waals surface area contributed by atoms with Gasteiger partial charge in [0.25, 0.3) is 5.91 Å². The van der Waals surface area contributed by atoms with Crippen molar-refractivity contribution in [2.24, 2.45) is 11.8 Å². The summed E-state index contributed by atoms with van der Waals surface area (Å²) in [7, 11) is 1.42. The molecule has 0 aliphatic heterocycles. The second kappa shape index (κ2) is 15.7. The van der Waals surface area contributed by atoms with Crippen LogP contribution >= 0.6 is 0 Å². The van der Waals surface area contributed by atoms with Gasteiger partial charge >= 0.3 is 12.2 Å². The van der Waals surface area contributed by atoms with Crippen LogP contribution in [0.4, 0.5) is 9.59 Å². The maximum atomic E-state index is 13.3. The molecule has 0 bridgehead atoms. The predicted octanol–water partition coefficient (Wildman–Crippen LogP) is 2.87. The number of nitrogens with zero attached hydrogens (tertiary/aromatic N) is 1. The zero-order valence-corrected chi connectivity index (χ0v) is 25.0. The molecular weight excluding hydrogens is 518 g/mol. The minimum Gasteiger partial charge on any atom is -0.445 e. The standard InChI is InChI=1S/C28H45N5O7/c1-10-18(4)22(30-26(37)39-16-20-14-12-11-13-15-20)24(35)29-21(17(2)3)25(36)33(9)19(5)23(34)31-32-27(38)40-28(6,7)8/h11-15,17-19,21-22H,10,16H2,1-9H3,(H,29,35)(H,30,37)(H,31,34)(H,32,38)/t18?,19-,21-,22+/m0/s1. The molecule has 40 heavy (non-hydrogen) atoms. The van der Waals surface area contributed by atoms with Gasteiger partial charge in [-0.3, -0.25) is 19.8 Å². The van der Waals surface area contributed by atoms with Crippen molar-refractivity contribution in [3.05, 3.63) is 35.9 Å². The molecule has 0 saturated heterocycles. The largest absolute Gasteiger partial charge is 0.445 e. The summed E-state index contributed by atoms with van der Waals surface area (Å²) < 4.78 is 10.4. The van der Waals surface area contributed by atoms with Crippen molar-refractivity contribution in [1.82, 2.24) is 26.4 Å². The monoisotopic (exact) mass is 563 g/mol. The molecule has 0 heterocycles. The van der Waals surface area contributed by atoms with E-state index in [1.165, 1.54) is 18.9 Å². The first-order valence-electron chi connectivity index (χ1n) is 13.4. The normalized spacial score (nSPS) is 14.2. The third-order valence-electron chi connectivity index (χ3n) is 6.21. The second-order valence-corrected chi connectivity index (χ2v) is 11.0. The van der Waals surface area contributed by atoms with E-state index in [9.17, 15) is 24.0 Å². The number of amides is 5. The lowest BCUT2D eigenvalue weighted by atomic mass is 9.96. The summed E-state index contributed by atoms with van der Waals surface area (Å²) in [5, 5.41) is 5.36. The molecular formula is C28H45N5O7. The topological polar surface area (TPSA) is 155 Å². The number of benzene rings is 1. The average molecular weight is 564 g/mol. The molecule has 0 saturated carbocycles. The number of hydrogen-bond donors (Lipinski definition) is 4. The molecule has 12 nitrogen and oxygen atoms in total. The molecule has 0 fully saturated rings. The highest BCUT2D eigenvalue weighted by Crippen LogP contribution is 2.13. The van der Waals surface area contributed by atoms with Crippen LogP contribution in [0.25, 0.3) is 0 Å². The Labute approximate surface area is 236 Å². The number of hydrogen-bond acceptors (Lipinski definition) is 7. The van der Waals surface area contributed by atoms with Crippen molar-refractivity contribution in [2.75, 3.05) is 7.05 Å². The van der Waals surface area contributed by atoms with E-state index in [2.05, 4.69) is 21.5 Å². The minimum atomic E-state index is -0.989. The molecule has 0 aliphatic carbocycles. The fraction of sp³-hybridized carbons (Fsp3) is 0.607. The van der Waals surface area contributed by atoms with E-state index in [1.807, 2.05) is 44.2 Å². The number of alkyl carbamates (subject to hydrolysis) is 1.